The molecule has 2 fully saturated rings. The van der Waals surface area contributed by atoms with Gasteiger partial charge in [-0.2, -0.15) is 4.73 Å². The summed E-state index contributed by atoms with van der Waals surface area (Å²) < 4.78 is 0.819. The number of hydrogen-bond donors (Lipinski definition) is 1. The predicted molar refractivity (Wildman–Crippen MR) is 112 cm³/mol. The average molecular weight is 387 g/mol. The fourth-order valence-electron chi connectivity index (χ4n) is 3.37. The van der Waals surface area contributed by atoms with Gasteiger partial charge in [-0.15, -0.1) is 0 Å². The summed E-state index contributed by atoms with van der Waals surface area (Å²) in [4.78, 5) is 22.9. The van der Waals surface area contributed by atoms with E-state index >= 15 is 0 Å². The minimum Gasteiger partial charge on any atom is -0.619 e. The Bertz CT molecular complexity index is 778. The van der Waals surface area contributed by atoms with Crippen LogP contribution in [0, 0.1) is 5.21 Å². The first-order valence-corrected chi connectivity index (χ1v) is 9.76. The van der Waals surface area contributed by atoms with E-state index in [0.29, 0.717) is 0 Å². The summed E-state index contributed by atoms with van der Waals surface area (Å²) in [5, 5.41) is 10.8. The van der Waals surface area contributed by atoms with Crippen LogP contribution in [0.2, 0.25) is 0 Å². The molecule has 8 heteroatoms. The van der Waals surface area contributed by atoms with Crippen LogP contribution >= 0.6 is 0 Å². The van der Waals surface area contributed by atoms with Gasteiger partial charge in [0.05, 0.1) is 0 Å². The third-order valence-electron chi connectivity index (χ3n) is 5.28. The van der Waals surface area contributed by atoms with Crippen molar-refractivity contribution in [3.05, 3.63) is 58.4 Å². The zero-order valence-electron chi connectivity index (χ0n) is 16.8. The smallest absolute Gasteiger partial charge is 0.249 e. The van der Waals surface area contributed by atoms with Crippen LogP contribution in [0.5, 0.6) is 0 Å². The van der Waals surface area contributed by atoms with Gasteiger partial charge in [-0.05, 0) is 20.2 Å². The lowest BCUT2D eigenvalue weighted by Crippen LogP contribution is -2.44. The van der Waals surface area contributed by atoms with Crippen molar-refractivity contribution in [3.63, 3.8) is 0 Å². The Labute approximate surface area is 166 Å². The van der Waals surface area contributed by atoms with Gasteiger partial charge in [0.15, 0.2) is 12.4 Å². The molecule has 2 aromatic heterocycles. The van der Waals surface area contributed by atoms with Gasteiger partial charge in [0, 0.05) is 88.1 Å². The van der Waals surface area contributed by atoms with Crippen molar-refractivity contribution in [2.24, 2.45) is 0 Å². The van der Waals surface area contributed by atoms with E-state index in [1.54, 1.807) is 24.7 Å². The molecule has 0 amide bonds. The second-order valence-corrected chi connectivity index (χ2v) is 7.41. The third-order valence-corrected chi connectivity index (χ3v) is 5.28. The second-order valence-electron chi connectivity index (χ2n) is 7.41. The molecule has 4 heterocycles. The number of nitrogens with zero attached hydrogens (tertiary/aromatic N) is 5. The summed E-state index contributed by atoms with van der Waals surface area (Å²) >= 11 is 0. The summed E-state index contributed by atoms with van der Waals surface area (Å²) in [6, 6.07) is 7.36. The standard InChI is InChI=1S/2C10H15N3O/c1-11-6-8-12(9-7-11)10-2-4-13(14)5-3-10;1-12-4-6-13(7-5-12)9-2-3-11-10(14)8-9/h2-5H,6-9H2,1H3;2-3,8H,4-7H2,1H3,(H,11,14). The molecule has 0 unspecified atom stereocenters. The highest BCUT2D eigenvalue weighted by atomic mass is 16.5. The first-order valence-electron chi connectivity index (χ1n) is 9.76. The number of pyridine rings is 2. The molecule has 0 aliphatic carbocycles. The monoisotopic (exact) mass is 386 g/mol. The molecule has 4 rings (SSSR count). The van der Waals surface area contributed by atoms with Gasteiger partial charge in [-0.25, -0.2) is 0 Å². The molecule has 2 aliphatic rings. The van der Waals surface area contributed by atoms with E-state index in [1.807, 2.05) is 18.2 Å². The molecule has 152 valence electrons. The van der Waals surface area contributed by atoms with Crippen LogP contribution in [-0.2, 0) is 0 Å². The van der Waals surface area contributed by atoms with Crippen molar-refractivity contribution in [2.75, 3.05) is 76.3 Å². The molecule has 0 bridgehead atoms. The molecule has 1 N–H and O–H groups in total. The van der Waals surface area contributed by atoms with Gasteiger partial charge >= 0.3 is 0 Å². The molecule has 0 atom stereocenters. The quantitative estimate of drug-likeness (QED) is 0.587. The Morgan fingerprint density at radius 2 is 1.32 bits per heavy atom. The van der Waals surface area contributed by atoms with Crippen molar-refractivity contribution in [3.8, 4) is 0 Å². The van der Waals surface area contributed by atoms with E-state index in [0.717, 1.165) is 68.5 Å². The predicted octanol–water partition coefficient (Wildman–Crippen LogP) is 0.199. The number of aromatic amines is 1. The van der Waals surface area contributed by atoms with Crippen LogP contribution in [0.15, 0.2) is 47.7 Å². The molecule has 2 aliphatic heterocycles. The van der Waals surface area contributed by atoms with Crippen LogP contribution in [0.25, 0.3) is 0 Å². The number of rotatable bonds is 2. The number of aromatic nitrogens is 2. The maximum atomic E-state index is 11.1. The highest BCUT2D eigenvalue weighted by molar-refractivity contribution is 5.45. The van der Waals surface area contributed by atoms with E-state index in [4.69, 9.17) is 0 Å². The number of nitrogens with one attached hydrogen (secondary N) is 1. The van der Waals surface area contributed by atoms with Gasteiger partial charge in [0.25, 0.3) is 0 Å². The van der Waals surface area contributed by atoms with Crippen molar-refractivity contribution < 1.29 is 4.73 Å². The summed E-state index contributed by atoms with van der Waals surface area (Å²) in [6.07, 6.45) is 4.80. The Morgan fingerprint density at radius 3 is 1.82 bits per heavy atom. The maximum Gasteiger partial charge on any atom is 0.249 e. The summed E-state index contributed by atoms with van der Waals surface area (Å²) in [6.45, 7) is 8.39. The normalized spacial score (nSPS) is 18.5. The molecule has 0 radical (unpaired) electrons. The summed E-state index contributed by atoms with van der Waals surface area (Å²) in [5.74, 6) is 0. The maximum absolute atomic E-state index is 11.1. The van der Waals surface area contributed by atoms with Crippen LogP contribution in [0.4, 0.5) is 11.4 Å². The van der Waals surface area contributed by atoms with Crippen LogP contribution < -0.4 is 20.1 Å². The fourth-order valence-corrected chi connectivity index (χ4v) is 3.37. The second kappa shape index (κ2) is 9.57. The zero-order valence-corrected chi connectivity index (χ0v) is 16.8. The van der Waals surface area contributed by atoms with Crippen LogP contribution in [0.3, 0.4) is 0 Å². The molecular formula is C20H30N6O2. The highest BCUT2D eigenvalue weighted by Gasteiger charge is 2.15. The van der Waals surface area contributed by atoms with E-state index in [1.165, 1.54) is 0 Å². The lowest BCUT2D eigenvalue weighted by molar-refractivity contribution is -0.605. The molecular weight excluding hydrogens is 356 g/mol. The number of hydrogen-bond acceptors (Lipinski definition) is 6. The molecule has 28 heavy (non-hydrogen) atoms. The van der Waals surface area contributed by atoms with Gasteiger partial charge in [0.1, 0.15) is 0 Å². The zero-order chi connectivity index (χ0) is 19.9. The molecule has 2 saturated heterocycles. The van der Waals surface area contributed by atoms with Crippen molar-refractivity contribution in [1.82, 2.24) is 14.8 Å². The van der Waals surface area contributed by atoms with E-state index < -0.39 is 0 Å². The minimum absolute atomic E-state index is 0.0265. The molecule has 0 aromatic carbocycles. The topological polar surface area (TPSA) is 72.8 Å². The van der Waals surface area contributed by atoms with Crippen LogP contribution in [0.1, 0.15) is 0 Å². The Morgan fingerprint density at radius 1 is 0.821 bits per heavy atom. The van der Waals surface area contributed by atoms with Gasteiger partial charge in [-0.1, -0.05) is 0 Å². The Kier molecular flexibility index (Phi) is 6.89. The molecule has 2 aromatic rings. The van der Waals surface area contributed by atoms with Crippen molar-refractivity contribution in [1.29, 1.82) is 0 Å². The number of likely N-dealkylation sites (N-methyl/N-ethyl adjacent to an activating group) is 2. The first kappa shape index (κ1) is 20.2. The van der Waals surface area contributed by atoms with Crippen molar-refractivity contribution in [2.45, 2.75) is 0 Å². The molecule has 0 spiro atoms. The van der Waals surface area contributed by atoms with Gasteiger partial charge < -0.3 is 29.8 Å². The summed E-state index contributed by atoms with van der Waals surface area (Å²) in [5.41, 5.74) is 2.15. The van der Waals surface area contributed by atoms with Gasteiger partial charge in [0.2, 0.25) is 5.56 Å². The minimum atomic E-state index is -0.0265. The Balaban J connectivity index is 0.000000161. The fraction of sp³-hybridized carbons (Fsp3) is 0.500. The first-order chi connectivity index (χ1) is 13.5. The number of piperazine rings is 2. The lowest BCUT2D eigenvalue weighted by Gasteiger charge is -2.33. The number of H-pyrrole nitrogens is 1. The summed E-state index contributed by atoms with van der Waals surface area (Å²) in [7, 11) is 4.25. The van der Waals surface area contributed by atoms with E-state index in [9.17, 15) is 10.0 Å². The largest absolute Gasteiger partial charge is 0.619 e. The van der Waals surface area contributed by atoms with Gasteiger partial charge in [-0.3, -0.25) is 4.79 Å². The molecule has 0 saturated carbocycles. The SMILES string of the molecule is CN1CCN(c2cc[n+]([O-])cc2)CC1.CN1CCN(c2cc[nH]c(=O)c2)CC1. The van der Waals surface area contributed by atoms with E-state index in [2.05, 4.69) is 38.7 Å². The average Bonchev–Trinajstić information content (AvgIpc) is 2.70. The highest BCUT2D eigenvalue weighted by Crippen LogP contribution is 2.13. The van der Waals surface area contributed by atoms with E-state index in [-0.39, 0.29) is 5.56 Å². The lowest BCUT2D eigenvalue weighted by atomic mass is 10.3. The third kappa shape index (κ3) is 5.71. The molecule has 8 nitrogen and oxygen atoms in total. The Hall–Kier alpha value is -2.58. The van der Waals surface area contributed by atoms with Crippen LogP contribution in [-0.4, -0.2) is 81.2 Å². The van der Waals surface area contributed by atoms with Crippen molar-refractivity contribution >= 4 is 11.4 Å². The number of anilines is 2.